The summed E-state index contributed by atoms with van der Waals surface area (Å²) in [5, 5.41) is 0. The molecule has 0 rings (SSSR count). The minimum atomic E-state index is 0.390. The normalized spacial score (nSPS) is 16.4. The standard InChI is InChI=1S/C9H20IN/c1-3-9(7-10)6-4-5-8(2)11/h8-9H,3-7,11H2,1-2H3. The van der Waals surface area contributed by atoms with E-state index in [4.69, 9.17) is 5.73 Å². The van der Waals surface area contributed by atoms with Crippen LogP contribution in [0, 0.1) is 5.92 Å². The summed E-state index contributed by atoms with van der Waals surface area (Å²) >= 11 is 2.48. The first kappa shape index (κ1) is 11.7. The summed E-state index contributed by atoms with van der Waals surface area (Å²) in [7, 11) is 0. The van der Waals surface area contributed by atoms with Gasteiger partial charge in [0.15, 0.2) is 0 Å². The highest BCUT2D eigenvalue weighted by molar-refractivity contribution is 14.1. The van der Waals surface area contributed by atoms with Gasteiger partial charge in [0.2, 0.25) is 0 Å². The Morgan fingerprint density at radius 3 is 2.36 bits per heavy atom. The van der Waals surface area contributed by atoms with Crippen LogP contribution in [0.15, 0.2) is 0 Å². The fourth-order valence-electron chi connectivity index (χ4n) is 1.12. The Balaban J connectivity index is 3.21. The maximum absolute atomic E-state index is 5.66. The van der Waals surface area contributed by atoms with Crippen molar-refractivity contribution in [1.29, 1.82) is 0 Å². The minimum Gasteiger partial charge on any atom is -0.328 e. The molecule has 2 heteroatoms. The van der Waals surface area contributed by atoms with Crippen molar-refractivity contribution in [2.24, 2.45) is 11.7 Å². The van der Waals surface area contributed by atoms with Gasteiger partial charge in [0.1, 0.15) is 0 Å². The van der Waals surface area contributed by atoms with Gasteiger partial charge in [-0.2, -0.15) is 0 Å². The summed E-state index contributed by atoms with van der Waals surface area (Å²) in [5.41, 5.74) is 5.66. The number of rotatable bonds is 6. The van der Waals surface area contributed by atoms with E-state index >= 15 is 0 Å². The lowest BCUT2D eigenvalue weighted by molar-refractivity contribution is 0.479. The van der Waals surface area contributed by atoms with E-state index in [0.717, 1.165) is 5.92 Å². The van der Waals surface area contributed by atoms with Gasteiger partial charge in [0, 0.05) is 10.5 Å². The van der Waals surface area contributed by atoms with Gasteiger partial charge in [0.25, 0.3) is 0 Å². The van der Waals surface area contributed by atoms with Crippen molar-refractivity contribution >= 4 is 22.6 Å². The van der Waals surface area contributed by atoms with E-state index in [1.807, 2.05) is 0 Å². The summed E-state index contributed by atoms with van der Waals surface area (Å²) in [4.78, 5) is 0. The molecule has 0 radical (unpaired) electrons. The van der Waals surface area contributed by atoms with Gasteiger partial charge < -0.3 is 5.73 Å². The van der Waals surface area contributed by atoms with Crippen molar-refractivity contribution in [3.05, 3.63) is 0 Å². The number of nitrogens with two attached hydrogens (primary N) is 1. The maximum Gasteiger partial charge on any atom is 0.00236 e. The van der Waals surface area contributed by atoms with Crippen LogP contribution in [0.1, 0.15) is 39.5 Å². The third-order valence-electron chi connectivity index (χ3n) is 2.07. The molecule has 0 saturated heterocycles. The second-order valence-corrected chi connectivity index (χ2v) is 4.22. The molecule has 0 spiro atoms. The molecule has 68 valence electrons. The molecule has 0 aliphatic rings. The van der Waals surface area contributed by atoms with Crippen molar-refractivity contribution in [2.75, 3.05) is 4.43 Å². The smallest absolute Gasteiger partial charge is 0.00236 e. The zero-order valence-corrected chi connectivity index (χ0v) is 9.80. The molecule has 0 aliphatic heterocycles. The fourth-order valence-corrected chi connectivity index (χ4v) is 2.18. The average molecular weight is 269 g/mol. The van der Waals surface area contributed by atoms with Gasteiger partial charge in [0.05, 0.1) is 0 Å². The summed E-state index contributed by atoms with van der Waals surface area (Å²) in [6.07, 6.45) is 5.18. The molecule has 0 amide bonds. The molecule has 0 bridgehead atoms. The lowest BCUT2D eigenvalue weighted by Gasteiger charge is -2.11. The van der Waals surface area contributed by atoms with Crippen LogP contribution in [0.25, 0.3) is 0 Å². The molecule has 11 heavy (non-hydrogen) atoms. The van der Waals surface area contributed by atoms with E-state index in [2.05, 4.69) is 36.4 Å². The van der Waals surface area contributed by atoms with Crippen molar-refractivity contribution < 1.29 is 0 Å². The van der Waals surface area contributed by atoms with E-state index in [1.54, 1.807) is 0 Å². The predicted molar refractivity (Wildman–Crippen MR) is 60.2 cm³/mol. The number of hydrogen-bond acceptors (Lipinski definition) is 1. The molecular weight excluding hydrogens is 249 g/mol. The quantitative estimate of drug-likeness (QED) is 0.582. The average Bonchev–Trinajstić information content (AvgIpc) is 1.98. The third kappa shape index (κ3) is 7.06. The Bertz CT molecular complexity index is 79.6. The summed E-state index contributed by atoms with van der Waals surface area (Å²) < 4.78 is 1.30. The van der Waals surface area contributed by atoms with E-state index in [0.29, 0.717) is 6.04 Å². The SMILES string of the molecule is CCC(CI)CCCC(C)N. The molecule has 1 nitrogen and oxygen atoms in total. The minimum absolute atomic E-state index is 0.390. The summed E-state index contributed by atoms with van der Waals surface area (Å²) in [6, 6.07) is 0.390. The Labute approximate surface area is 84.3 Å². The predicted octanol–water partition coefficient (Wildman–Crippen LogP) is 2.97. The van der Waals surface area contributed by atoms with Crippen molar-refractivity contribution in [1.82, 2.24) is 0 Å². The first-order valence-corrected chi connectivity index (χ1v) is 6.04. The molecule has 0 aromatic carbocycles. The number of halogens is 1. The lowest BCUT2D eigenvalue weighted by Crippen LogP contribution is -2.14. The van der Waals surface area contributed by atoms with Gasteiger partial charge in [-0.3, -0.25) is 0 Å². The highest BCUT2D eigenvalue weighted by atomic mass is 127. The van der Waals surface area contributed by atoms with Crippen LogP contribution in [0.3, 0.4) is 0 Å². The van der Waals surface area contributed by atoms with Crippen LogP contribution in [0.5, 0.6) is 0 Å². The zero-order chi connectivity index (χ0) is 8.69. The van der Waals surface area contributed by atoms with Crippen LogP contribution in [-0.2, 0) is 0 Å². The molecular formula is C9H20IN. The topological polar surface area (TPSA) is 26.0 Å². The highest BCUT2D eigenvalue weighted by Gasteiger charge is 2.03. The summed E-state index contributed by atoms with van der Waals surface area (Å²) in [6.45, 7) is 4.36. The number of hydrogen-bond donors (Lipinski definition) is 1. The van der Waals surface area contributed by atoms with E-state index in [-0.39, 0.29) is 0 Å². The first-order valence-electron chi connectivity index (χ1n) is 4.52. The van der Waals surface area contributed by atoms with E-state index in [9.17, 15) is 0 Å². The molecule has 2 N–H and O–H groups in total. The van der Waals surface area contributed by atoms with Gasteiger partial charge in [-0.15, -0.1) is 0 Å². The largest absolute Gasteiger partial charge is 0.328 e. The Hall–Kier alpha value is 0.690. The lowest BCUT2D eigenvalue weighted by atomic mass is 10.0. The molecule has 0 fully saturated rings. The van der Waals surface area contributed by atoms with Crippen LogP contribution in [-0.4, -0.2) is 10.5 Å². The van der Waals surface area contributed by atoms with Gasteiger partial charge >= 0.3 is 0 Å². The van der Waals surface area contributed by atoms with Crippen LogP contribution < -0.4 is 5.73 Å². The second kappa shape index (κ2) is 7.35. The molecule has 2 unspecified atom stereocenters. The van der Waals surface area contributed by atoms with Crippen molar-refractivity contribution in [2.45, 2.75) is 45.6 Å². The third-order valence-corrected chi connectivity index (χ3v) is 3.31. The van der Waals surface area contributed by atoms with Crippen molar-refractivity contribution in [3.63, 3.8) is 0 Å². The second-order valence-electron chi connectivity index (χ2n) is 3.34. The van der Waals surface area contributed by atoms with Crippen molar-refractivity contribution in [3.8, 4) is 0 Å². The summed E-state index contributed by atoms with van der Waals surface area (Å²) in [5.74, 6) is 0.925. The zero-order valence-electron chi connectivity index (χ0n) is 7.65. The molecule has 0 aromatic rings. The van der Waals surface area contributed by atoms with Crippen LogP contribution in [0.4, 0.5) is 0 Å². The Morgan fingerprint density at radius 1 is 1.36 bits per heavy atom. The molecule has 0 aliphatic carbocycles. The molecule has 0 aromatic heterocycles. The van der Waals surface area contributed by atoms with Crippen LogP contribution in [0.2, 0.25) is 0 Å². The molecule has 0 heterocycles. The maximum atomic E-state index is 5.66. The van der Waals surface area contributed by atoms with E-state index < -0.39 is 0 Å². The van der Waals surface area contributed by atoms with Gasteiger partial charge in [-0.25, -0.2) is 0 Å². The number of alkyl halides is 1. The first-order chi connectivity index (χ1) is 5.20. The monoisotopic (exact) mass is 269 g/mol. The molecule has 0 saturated carbocycles. The highest BCUT2D eigenvalue weighted by Crippen LogP contribution is 2.15. The van der Waals surface area contributed by atoms with Gasteiger partial charge in [-0.05, 0) is 25.7 Å². The molecule has 2 atom stereocenters. The Kier molecular flexibility index (Phi) is 7.81. The van der Waals surface area contributed by atoms with Crippen LogP contribution >= 0.6 is 22.6 Å². The fraction of sp³-hybridized carbons (Fsp3) is 1.00. The van der Waals surface area contributed by atoms with E-state index in [1.165, 1.54) is 30.1 Å². The Morgan fingerprint density at radius 2 is 2.00 bits per heavy atom. The van der Waals surface area contributed by atoms with Gasteiger partial charge in [-0.1, -0.05) is 42.4 Å².